The minimum atomic E-state index is -0.338. The number of nitrogens with one attached hydrogen (secondary N) is 2. The number of fused-ring (bicyclic) bond motifs is 4. The number of nitro benzene ring substituents is 1. The quantitative estimate of drug-likeness (QED) is 0.0637. The summed E-state index contributed by atoms with van der Waals surface area (Å²) in [5.74, 6) is 8.07. The molecule has 1 aliphatic rings. The highest BCUT2D eigenvalue weighted by atomic mass is 16.7. The maximum Gasteiger partial charge on any atom is 0.272 e. The highest BCUT2D eigenvalue weighted by Crippen LogP contribution is 2.37. The van der Waals surface area contributed by atoms with Crippen LogP contribution in [0.3, 0.4) is 0 Å². The number of ether oxygens (including phenoxy) is 2. The smallest absolute Gasteiger partial charge is 0.272 e. The highest BCUT2D eigenvalue weighted by Gasteiger charge is 2.17. The predicted molar refractivity (Wildman–Crippen MR) is 579 cm³/mol. The van der Waals surface area contributed by atoms with E-state index in [0.717, 1.165) is 45.0 Å². The molecule has 716 valence electrons. The van der Waals surface area contributed by atoms with Crippen LogP contribution in [0, 0.1) is 44.7 Å². The standard InChI is InChI=1S/C13H14O.2C13H14.C12H16O.C12H18.2C11H15NO.C10H12O2.2C10H14.C9H11NO2/c1-9(2)13-11-6-4-3-5-10(11)7-8-12(13)14;1-10(2)12-9-5-7-11-6-3-4-8-13(11)12;1-10(2)12-8-7-11-5-3-4-6-13(11)9-12;1-9(2)12-6-4-5-11(8-12)7-10(3)13;1-8(2)12-10(4)6-9(3)7-11(12)5;1-8(2)10-4-6-11(7-5-10)12-9(3)13;1-8(2)10-6-4-5-7-11(10)12-9(3)13;1-7(2)8-3-4-9-10(5-8)12-6-11-9;1-8(2)10-6-4-9(3)5-7-10;1-8(2)10-6-4-5-9(3)7-10;1-7(2)8-5-3-4-6-9(8)10(11)12/h3-9,14H,1-2H3;2*3-10H,1-2H3;4-6,8-9H,7H2,1-3H3;6-8H,1-5H3;2*4-8H,1-3H3,(H,12,13);3-5,7H,6H2,1-2H3;2*4-8H,1-3H3;3-7H,1-2H3. The van der Waals surface area contributed by atoms with E-state index in [4.69, 9.17) is 9.47 Å². The average molecular weight is 1820 g/mol. The molecule has 0 unspecified atom stereocenters. The lowest BCUT2D eigenvalue weighted by atomic mass is 9.92. The van der Waals surface area contributed by atoms with Crippen LogP contribution in [0.1, 0.15) is 333 Å². The Morgan fingerprint density at radius 1 is 0.326 bits per heavy atom. The number of phenolic OH excluding ortho intramolecular Hbond substituents is 1. The maximum atomic E-state index is 10.9. The molecule has 0 atom stereocenters. The fourth-order valence-electron chi connectivity index (χ4n) is 15.5. The SMILES string of the molecule is CC(=O)Cc1cccc(C(C)C)c1.CC(=O)Nc1ccc(C(C)C)cc1.CC(=O)Nc1ccccc1C(C)C.CC(C)c1c(O)ccc2ccccc12.CC(C)c1ccc2c(c1)OCO2.CC(C)c1ccc2ccccc2c1.CC(C)c1cccc2ccccc12.CC(C)c1ccccc1[N+](=O)[O-].Cc1cc(C)c(C(C)C)c(C)c1.Cc1ccc(C(C)C)cc1.Cc1cccc(C(C)C)c1. The van der Waals surface area contributed by atoms with Crippen LogP contribution < -0.4 is 20.1 Å². The maximum absolute atomic E-state index is 10.9. The summed E-state index contributed by atoms with van der Waals surface area (Å²) in [5.41, 5.74) is 24.2. The van der Waals surface area contributed by atoms with Gasteiger partial charge in [0.2, 0.25) is 18.6 Å². The molecule has 0 saturated carbocycles. The number of ketones is 1. The predicted octanol–water partition coefficient (Wildman–Crippen LogP) is 35.3. The summed E-state index contributed by atoms with van der Waals surface area (Å²) < 4.78 is 10.5. The molecule has 0 radical (unpaired) electrons. The van der Waals surface area contributed by atoms with Gasteiger partial charge >= 0.3 is 0 Å². The third-order valence-electron chi connectivity index (χ3n) is 22.9. The summed E-state index contributed by atoms with van der Waals surface area (Å²) in [4.78, 5) is 42.7. The number of carbonyl (C=O) groups is 3. The summed E-state index contributed by atoms with van der Waals surface area (Å²) in [6, 6.07) is 101. The van der Waals surface area contributed by atoms with Gasteiger partial charge in [0.05, 0.1) is 4.92 Å². The van der Waals surface area contributed by atoms with Crippen LogP contribution in [0.15, 0.2) is 297 Å². The molecule has 135 heavy (non-hydrogen) atoms. The first-order valence-corrected chi connectivity index (χ1v) is 48.2. The van der Waals surface area contributed by atoms with Crippen LogP contribution in [-0.4, -0.2) is 34.4 Å². The van der Waals surface area contributed by atoms with E-state index in [2.05, 4.69) is 360 Å². The fourth-order valence-corrected chi connectivity index (χ4v) is 15.5. The summed E-state index contributed by atoms with van der Waals surface area (Å²) in [5, 5.41) is 33.6. The number of nitrogens with zero attached hydrogens (tertiary/aromatic N) is 1. The molecule has 11 nitrogen and oxygen atoms in total. The third kappa shape index (κ3) is 39.4. The second-order valence-electron chi connectivity index (χ2n) is 38.4. The van der Waals surface area contributed by atoms with Gasteiger partial charge in [0.25, 0.3) is 5.69 Å². The third-order valence-corrected chi connectivity index (χ3v) is 22.9. The van der Waals surface area contributed by atoms with E-state index in [-0.39, 0.29) is 34.1 Å². The van der Waals surface area contributed by atoms with Crippen LogP contribution in [0.5, 0.6) is 17.2 Å². The molecule has 14 aromatic carbocycles. The van der Waals surface area contributed by atoms with E-state index in [9.17, 15) is 29.6 Å². The zero-order valence-corrected chi connectivity index (χ0v) is 86.8. The second kappa shape index (κ2) is 57.8. The monoisotopic (exact) mass is 1820 g/mol. The number of carbonyl (C=O) groups excluding carboxylic acids is 3. The van der Waals surface area contributed by atoms with Gasteiger partial charge in [-0.1, -0.05) is 424 Å². The first-order chi connectivity index (χ1) is 63.9. The molecule has 0 spiro atoms. The highest BCUT2D eigenvalue weighted by molar-refractivity contribution is 5.91. The fraction of sp³-hybridized carbons (Fsp3) is 0.347. The molecule has 3 N–H and O–H groups in total. The van der Waals surface area contributed by atoms with Gasteiger partial charge in [0, 0.05) is 48.8 Å². The van der Waals surface area contributed by atoms with Gasteiger partial charge in [-0.25, -0.2) is 0 Å². The van der Waals surface area contributed by atoms with Gasteiger partial charge < -0.3 is 25.2 Å². The van der Waals surface area contributed by atoms with Crippen LogP contribution in [0.2, 0.25) is 0 Å². The zero-order chi connectivity index (χ0) is 100. The summed E-state index contributed by atoms with van der Waals surface area (Å²) >= 11 is 0. The van der Waals surface area contributed by atoms with Crippen molar-refractivity contribution in [1.29, 1.82) is 0 Å². The number of para-hydroxylation sites is 2. The topological polar surface area (TPSA) is 157 Å². The van der Waals surface area contributed by atoms with Crippen molar-refractivity contribution in [2.45, 2.75) is 279 Å². The van der Waals surface area contributed by atoms with Crippen LogP contribution >= 0.6 is 0 Å². The molecule has 0 aliphatic carbocycles. The lowest BCUT2D eigenvalue weighted by Gasteiger charge is -2.14. The Bertz CT molecular complexity index is 5930. The van der Waals surface area contributed by atoms with Crippen molar-refractivity contribution in [2.24, 2.45) is 0 Å². The molecule has 1 heterocycles. The van der Waals surface area contributed by atoms with Crippen molar-refractivity contribution >= 4 is 67.0 Å². The molecule has 2 amide bonds. The number of hydrogen-bond donors (Lipinski definition) is 3. The van der Waals surface area contributed by atoms with E-state index in [1.54, 1.807) is 25.1 Å². The number of aryl methyl sites for hydroxylation is 5. The van der Waals surface area contributed by atoms with Gasteiger partial charge in [0.15, 0.2) is 11.5 Å². The number of phenols is 1. The molecule has 14 aromatic rings. The zero-order valence-electron chi connectivity index (χ0n) is 86.8. The summed E-state index contributed by atoms with van der Waals surface area (Å²) in [7, 11) is 0. The molecule has 1 aliphatic heterocycles. The van der Waals surface area contributed by atoms with Gasteiger partial charge in [0.1, 0.15) is 11.5 Å². The molecular weight excluding hydrogens is 1660 g/mol. The molecule has 0 fully saturated rings. The van der Waals surface area contributed by atoms with Crippen molar-refractivity contribution in [2.75, 3.05) is 17.4 Å². The summed E-state index contributed by atoms with van der Waals surface area (Å²) in [6.07, 6.45) is 0.556. The normalized spacial score (nSPS) is 10.9. The van der Waals surface area contributed by atoms with E-state index in [0.29, 0.717) is 78.1 Å². The lowest BCUT2D eigenvalue weighted by molar-refractivity contribution is -0.385. The minimum Gasteiger partial charge on any atom is -0.508 e. The van der Waals surface area contributed by atoms with Gasteiger partial charge in [-0.05, 0) is 242 Å². The van der Waals surface area contributed by atoms with E-state index in [1.165, 1.54) is 125 Å². The number of anilines is 2. The number of rotatable bonds is 16. The van der Waals surface area contributed by atoms with E-state index >= 15 is 0 Å². The van der Waals surface area contributed by atoms with Crippen LogP contribution in [0.25, 0.3) is 32.3 Å². The Balaban J connectivity index is 0.000000263. The Kier molecular flexibility index (Phi) is 48.3. The lowest BCUT2D eigenvalue weighted by Crippen LogP contribution is -2.08. The van der Waals surface area contributed by atoms with Gasteiger partial charge in [-0.3, -0.25) is 24.5 Å². The van der Waals surface area contributed by atoms with Gasteiger partial charge in [-0.2, -0.15) is 0 Å². The molecule has 0 bridgehead atoms. The van der Waals surface area contributed by atoms with Gasteiger partial charge in [-0.15, -0.1) is 0 Å². The molecule has 0 saturated heterocycles. The molecule has 15 rings (SSSR count). The van der Waals surface area contributed by atoms with Crippen molar-refractivity contribution in [3.63, 3.8) is 0 Å². The number of nitro groups is 1. The first kappa shape index (κ1) is 113. The number of amides is 2. The second-order valence-corrected chi connectivity index (χ2v) is 38.4. The number of aromatic hydroxyl groups is 1. The van der Waals surface area contributed by atoms with Crippen molar-refractivity contribution in [1.82, 2.24) is 0 Å². The Morgan fingerprint density at radius 3 is 1.23 bits per heavy atom. The Labute approximate surface area is 811 Å². The van der Waals surface area contributed by atoms with Crippen molar-refractivity contribution in [3.8, 4) is 17.2 Å². The number of Topliss-reactive ketones (excluding diaryl/α,β-unsaturated/α-hetero) is 1. The number of benzene rings is 14. The number of hydrogen-bond acceptors (Lipinski definition) is 8. The van der Waals surface area contributed by atoms with Crippen LogP contribution in [0.4, 0.5) is 17.1 Å². The summed E-state index contributed by atoms with van der Waals surface area (Å²) in [6.45, 7) is 63.4. The molecular formula is C124H157N3O8. The van der Waals surface area contributed by atoms with Crippen molar-refractivity contribution in [3.05, 3.63) is 402 Å². The molecule has 0 aromatic heterocycles. The largest absolute Gasteiger partial charge is 0.508 e. The minimum absolute atomic E-state index is 0.0203. The first-order valence-electron chi connectivity index (χ1n) is 48.2. The Hall–Kier alpha value is -12.7. The van der Waals surface area contributed by atoms with Crippen molar-refractivity contribution < 1.29 is 33.9 Å². The van der Waals surface area contributed by atoms with Crippen LogP contribution in [-0.2, 0) is 20.8 Å². The van der Waals surface area contributed by atoms with E-state index in [1.807, 2.05) is 111 Å². The average Bonchev–Trinajstić information content (AvgIpc) is 1.72. The Morgan fingerprint density at radius 2 is 0.733 bits per heavy atom. The molecule has 11 heteroatoms. The van der Waals surface area contributed by atoms with E-state index < -0.39 is 0 Å².